The number of nitrogens with zero attached hydrogens (tertiary/aromatic N) is 2. The number of hydrogen-bond acceptors (Lipinski definition) is 3. The zero-order valence-corrected chi connectivity index (χ0v) is 10.6. The van der Waals surface area contributed by atoms with E-state index in [1.165, 1.54) is 0 Å². The molecular formula is C13H9N3O2S. The second-order valence-corrected chi connectivity index (χ2v) is 6.02. The first-order valence-corrected chi connectivity index (χ1v) is 6.95. The van der Waals surface area contributed by atoms with Gasteiger partial charge in [-0.15, -0.1) is 10.9 Å². The fourth-order valence-corrected chi connectivity index (χ4v) is 4.00. The highest BCUT2D eigenvalue weighted by atomic mass is 32.2. The van der Waals surface area contributed by atoms with Gasteiger partial charge in [0.25, 0.3) is 5.03 Å². The Bertz CT molecular complexity index is 783. The third kappa shape index (κ3) is 1.80. The zero-order chi connectivity index (χ0) is 13.4. The SMILES string of the molecule is N#Cc1ccc2c([SH]3C=CC=C3[N+](=O)[O-])c[nH]c2c1. The monoisotopic (exact) mass is 271 g/mol. The molecule has 3 rings (SSSR count). The minimum absolute atomic E-state index is 0.236. The smallest absolute Gasteiger partial charge is 0.291 e. The molecule has 0 spiro atoms. The molecule has 6 heteroatoms. The molecule has 1 aliphatic rings. The molecule has 1 unspecified atom stereocenters. The van der Waals surface area contributed by atoms with Crippen molar-refractivity contribution in [3.05, 3.63) is 62.7 Å². The Balaban J connectivity index is 2.12. The summed E-state index contributed by atoms with van der Waals surface area (Å²) in [5.41, 5.74) is 1.40. The van der Waals surface area contributed by atoms with Gasteiger partial charge in [0.05, 0.1) is 16.6 Å². The number of nitro groups is 1. The average Bonchev–Trinajstić information content (AvgIpc) is 3.03. The molecule has 0 saturated carbocycles. The number of aromatic amines is 1. The minimum atomic E-state index is -1.05. The van der Waals surface area contributed by atoms with Gasteiger partial charge in [-0.25, -0.2) is 0 Å². The molecule has 1 aromatic heterocycles. The Labute approximate surface area is 111 Å². The molecule has 19 heavy (non-hydrogen) atoms. The molecule has 2 heterocycles. The maximum absolute atomic E-state index is 11.0. The van der Waals surface area contributed by atoms with E-state index in [0.29, 0.717) is 5.56 Å². The highest BCUT2D eigenvalue weighted by molar-refractivity contribution is 8.23. The Morgan fingerprint density at radius 3 is 3.00 bits per heavy atom. The number of aromatic nitrogens is 1. The van der Waals surface area contributed by atoms with Crippen LogP contribution in [0.15, 0.2) is 51.9 Å². The maximum atomic E-state index is 11.0. The van der Waals surface area contributed by atoms with E-state index in [1.807, 2.05) is 11.5 Å². The number of nitrogens with one attached hydrogen (secondary N) is 1. The first kappa shape index (κ1) is 11.6. The van der Waals surface area contributed by atoms with Crippen molar-refractivity contribution in [2.24, 2.45) is 0 Å². The summed E-state index contributed by atoms with van der Waals surface area (Å²) in [6.45, 7) is 0. The van der Waals surface area contributed by atoms with Gasteiger partial charge in [0, 0.05) is 28.1 Å². The van der Waals surface area contributed by atoms with E-state index in [4.69, 9.17) is 5.26 Å². The molecule has 0 radical (unpaired) electrons. The Morgan fingerprint density at radius 1 is 1.42 bits per heavy atom. The standard InChI is InChI=1S/C13H9N3O2S/c14-7-9-3-4-10-11(6-9)15-8-12(10)19-5-1-2-13(19)16(17)18/h1-6,8,15,19H. The lowest BCUT2D eigenvalue weighted by Gasteiger charge is -2.10. The fourth-order valence-electron chi connectivity index (χ4n) is 2.10. The van der Waals surface area contributed by atoms with Crippen molar-refractivity contribution >= 4 is 21.8 Å². The molecule has 1 aromatic carbocycles. The summed E-state index contributed by atoms with van der Waals surface area (Å²) in [7, 11) is -1.05. The second-order valence-electron chi connectivity index (χ2n) is 4.04. The van der Waals surface area contributed by atoms with E-state index < -0.39 is 10.9 Å². The number of nitriles is 1. The number of benzene rings is 1. The summed E-state index contributed by atoms with van der Waals surface area (Å²) in [5, 5.41) is 22.9. The van der Waals surface area contributed by atoms with Gasteiger partial charge in [-0.2, -0.15) is 5.26 Å². The Morgan fingerprint density at radius 2 is 2.26 bits per heavy atom. The minimum Gasteiger partial charge on any atom is -0.360 e. The number of allylic oxidation sites excluding steroid dienone is 2. The van der Waals surface area contributed by atoms with Crippen LogP contribution in [-0.4, -0.2) is 9.91 Å². The highest BCUT2D eigenvalue weighted by Crippen LogP contribution is 2.50. The molecule has 1 aliphatic heterocycles. The van der Waals surface area contributed by atoms with Crippen LogP contribution >= 0.6 is 10.9 Å². The number of fused-ring (bicyclic) bond motifs is 1. The van der Waals surface area contributed by atoms with Gasteiger partial charge in [0.15, 0.2) is 0 Å². The van der Waals surface area contributed by atoms with Crippen molar-refractivity contribution < 1.29 is 4.92 Å². The van der Waals surface area contributed by atoms with Crippen molar-refractivity contribution in [2.45, 2.75) is 4.90 Å². The molecule has 0 amide bonds. The molecule has 94 valence electrons. The van der Waals surface area contributed by atoms with E-state index in [0.717, 1.165) is 15.8 Å². The largest absolute Gasteiger partial charge is 0.360 e. The topological polar surface area (TPSA) is 82.7 Å². The molecule has 0 fully saturated rings. The summed E-state index contributed by atoms with van der Waals surface area (Å²) in [4.78, 5) is 14.7. The van der Waals surface area contributed by atoms with Crippen LogP contribution in [0, 0.1) is 21.4 Å². The first-order chi connectivity index (χ1) is 9.20. The fraction of sp³-hybridized carbons (Fsp3) is 0. The van der Waals surface area contributed by atoms with Gasteiger partial charge < -0.3 is 4.98 Å². The number of H-pyrrole nitrogens is 1. The van der Waals surface area contributed by atoms with Gasteiger partial charge >= 0.3 is 0 Å². The predicted molar refractivity (Wildman–Crippen MR) is 74.5 cm³/mol. The molecule has 1 atom stereocenters. The second kappa shape index (κ2) is 4.30. The number of thiol groups is 1. The van der Waals surface area contributed by atoms with E-state index in [9.17, 15) is 10.1 Å². The van der Waals surface area contributed by atoms with Gasteiger partial charge in [0.1, 0.15) is 0 Å². The van der Waals surface area contributed by atoms with E-state index in [-0.39, 0.29) is 9.95 Å². The molecule has 2 aromatic rings. The van der Waals surface area contributed by atoms with Crippen LogP contribution in [0.4, 0.5) is 0 Å². The van der Waals surface area contributed by atoms with Crippen molar-refractivity contribution in [1.82, 2.24) is 4.98 Å². The lowest BCUT2D eigenvalue weighted by Crippen LogP contribution is -1.96. The van der Waals surface area contributed by atoms with Crippen molar-refractivity contribution in [3.8, 4) is 6.07 Å². The maximum Gasteiger partial charge on any atom is 0.291 e. The van der Waals surface area contributed by atoms with Crippen LogP contribution in [0.3, 0.4) is 0 Å². The van der Waals surface area contributed by atoms with Gasteiger partial charge in [0.2, 0.25) is 0 Å². The average molecular weight is 271 g/mol. The van der Waals surface area contributed by atoms with Gasteiger partial charge in [-0.1, -0.05) is 6.07 Å². The summed E-state index contributed by atoms with van der Waals surface area (Å²) in [6.07, 6.45) is 5.07. The lowest BCUT2D eigenvalue weighted by molar-refractivity contribution is -0.410. The van der Waals surface area contributed by atoms with E-state index in [2.05, 4.69) is 11.1 Å². The Hall–Kier alpha value is -2.52. The van der Waals surface area contributed by atoms with E-state index >= 15 is 0 Å². The normalized spacial score (nSPS) is 19.3. The van der Waals surface area contributed by atoms with Gasteiger partial charge in [-0.3, -0.25) is 10.1 Å². The van der Waals surface area contributed by atoms with Crippen LogP contribution in [-0.2, 0) is 0 Å². The molecule has 0 bridgehead atoms. The lowest BCUT2D eigenvalue weighted by atomic mass is 10.2. The van der Waals surface area contributed by atoms with Crippen molar-refractivity contribution in [1.29, 1.82) is 5.26 Å². The van der Waals surface area contributed by atoms with Crippen LogP contribution < -0.4 is 0 Å². The summed E-state index contributed by atoms with van der Waals surface area (Å²) < 4.78 is 0. The molecule has 5 nitrogen and oxygen atoms in total. The van der Waals surface area contributed by atoms with Crippen LogP contribution in [0.1, 0.15) is 5.56 Å². The molecule has 0 aliphatic carbocycles. The molecule has 1 N–H and O–H groups in total. The van der Waals surface area contributed by atoms with Gasteiger partial charge in [-0.05, 0) is 23.6 Å². The van der Waals surface area contributed by atoms with Crippen molar-refractivity contribution in [2.75, 3.05) is 0 Å². The summed E-state index contributed by atoms with van der Waals surface area (Å²) in [5.74, 6) is 0. The van der Waals surface area contributed by atoms with Crippen molar-refractivity contribution in [3.63, 3.8) is 0 Å². The quantitative estimate of drug-likeness (QED) is 0.500. The van der Waals surface area contributed by atoms with E-state index in [1.54, 1.807) is 30.5 Å². The predicted octanol–water partition coefficient (Wildman–Crippen LogP) is 3.05. The molecule has 0 saturated heterocycles. The third-order valence-corrected chi connectivity index (χ3v) is 5.13. The number of rotatable bonds is 2. The van der Waals surface area contributed by atoms with Crippen LogP contribution in [0.25, 0.3) is 10.9 Å². The van der Waals surface area contributed by atoms with Crippen LogP contribution in [0.2, 0.25) is 0 Å². The zero-order valence-electron chi connectivity index (χ0n) is 9.70. The first-order valence-electron chi connectivity index (χ1n) is 5.54. The molecular weight excluding hydrogens is 262 g/mol. The highest BCUT2D eigenvalue weighted by Gasteiger charge is 2.25. The van der Waals surface area contributed by atoms with Crippen LogP contribution in [0.5, 0.6) is 0 Å². The Kier molecular flexibility index (Phi) is 2.62. The third-order valence-electron chi connectivity index (χ3n) is 2.96. The summed E-state index contributed by atoms with van der Waals surface area (Å²) in [6, 6.07) is 7.40. The summed E-state index contributed by atoms with van der Waals surface area (Å²) >= 11 is 0. The number of hydrogen-bond donors (Lipinski definition) is 2.